The third kappa shape index (κ3) is 4.55. The van der Waals surface area contributed by atoms with Gasteiger partial charge in [-0.15, -0.1) is 0 Å². The van der Waals surface area contributed by atoms with Crippen LogP contribution in [0.3, 0.4) is 0 Å². The summed E-state index contributed by atoms with van der Waals surface area (Å²) in [6.07, 6.45) is 5.40. The van der Waals surface area contributed by atoms with Crippen molar-refractivity contribution in [1.29, 1.82) is 0 Å². The maximum absolute atomic E-state index is 12.2. The van der Waals surface area contributed by atoms with Crippen molar-refractivity contribution in [2.75, 3.05) is 5.32 Å². The molecule has 2 saturated heterocycles. The molecule has 1 aromatic carbocycles. The second-order valence-corrected chi connectivity index (χ2v) is 6.84. The number of piperidine rings is 1. The zero-order chi connectivity index (χ0) is 16.2. The third-order valence-corrected chi connectivity index (χ3v) is 4.78. The minimum absolute atomic E-state index is 0.0910. The van der Waals surface area contributed by atoms with Crippen LogP contribution < -0.4 is 16.0 Å². The molecule has 5 heteroatoms. The number of carbonyl (C=O) groups is 2. The van der Waals surface area contributed by atoms with Crippen LogP contribution in [0.4, 0.5) is 5.69 Å². The first kappa shape index (κ1) is 16.0. The summed E-state index contributed by atoms with van der Waals surface area (Å²) in [5, 5.41) is 9.37. The van der Waals surface area contributed by atoms with Crippen LogP contribution in [0.15, 0.2) is 24.3 Å². The number of fused-ring (bicyclic) bond motifs is 2. The SMILES string of the molecule is CC(=O)Nc1cccc(CNC(=O)CC2CC3CCC(C2)N3)c1. The van der Waals surface area contributed by atoms with Gasteiger partial charge in [0.05, 0.1) is 0 Å². The number of anilines is 1. The molecule has 2 bridgehead atoms. The minimum atomic E-state index is -0.0910. The van der Waals surface area contributed by atoms with E-state index in [-0.39, 0.29) is 11.8 Å². The molecule has 0 saturated carbocycles. The largest absolute Gasteiger partial charge is 0.352 e. The Bertz CT molecular complexity index is 575. The number of hydrogen-bond donors (Lipinski definition) is 3. The first-order valence-electron chi connectivity index (χ1n) is 8.48. The lowest BCUT2D eigenvalue weighted by molar-refractivity contribution is -0.122. The van der Waals surface area contributed by atoms with Gasteiger partial charge in [-0.25, -0.2) is 0 Å². The molecule has 2 unspecified atom stereocenters. The monoisotopic (exact) mass is 315 g/mol. The topological polar surface area (TPSA) is 70.2 Å². The van der Waals surface area contributed by atoms with Crippen LogP contribution in [0.2, 0.25) is 0 Å². The summed E-state index contributed by atoms with van der Waals surface area (Å²) >= 11 is 0. The fourth-order valence-electron chi connectivity index (χ4n) is 3.84. The molecule has 0 spiro atoms. The van der Waals surface area contributed by atoms with Crippen LogP contribution in [0.5, 0.6) is 0 Å². The summed E-state index contributed by atoms with van der Waals surface area (Å²) in [6.45, 7) is 1.99. The van der Waals surface area contributed by atoms with Gasteiger partial charge in [-0.05, 0) is 49.3 Å². The number of amides is 2. The highest BCUT2D eigenvalue weighted by Gasteiger charge is 2.34. The highest BCUT2D eigenvalue weighted by molar-refractivity contribution is 5.88. The Morgan fingerprint density at radius 2 is 1.96 bits per heavy atom. The summed E-state index contributed by atoms with van der Waals surface area (Å²) in [4.78, 5) is 23.3. The number of benzene rings is 1. The lowest BCUT2D eigenvalue weighted by atomic mass is 9.89. The number of nitrogens with one attached hydrogen (secondary N) is 3. The van der Waals surface area contributed by atoms with E-state index in [0.29, 0.717) is 31.0 Å². The van der Waals surface area contributed by atoms with Gasteiger partial charge in [0.15, 0.2) is 0 Å². The Hall–Kier alpha value is -1.88. The number of carbonyl (C=O) groups excluding carboxylic acids is 2. The van der Waals surface area contributed by atoms with E-state index >= 15 is 0 Å². The molecule has 2 atom stereocenters. The maximum Gasteiger partial charge on any atom is 0.221 e. The van der Waals surface area contributed by atoms with Crippen LogP contribution in [0.25, 0.3) is 0 Å². The van der Waals surface area contributed by atoms with E-state index in [0.717, 1.165) is 24.1 Å². The van der Waals surface area contributed by atoms with Crippen LogP contribution in [0.1, 0.15) is 44.6 Å². The van der Waals surface area contributed by atoms with Gasteiger partial charge >= 0.3 is 0 Å². The molecular weight excluding hydrogens is 290 g/mol. The molecule has 2 amide bonds. The Kier molecular flexibility index (Phi) is 4.96. The van der Waals surface area contributed by atoms with Crippen molar-refractivity contribution in [3.63, 3.8) is 0 Å². The fraction of sp³-hybridized carbons (Fsp3) is 0.556. The van der Waals surface area contributed by atoms with E-state index in [1.54, 1.807) is 0 Å². The van der Waals surface area contributed by atoms with E-state index in [1.807, 2.05) is 24.3 Å². The van der Waals surface area contributed by atoms with Crippen LogP contribution >= 0.6 is 0 Å². The minimum Gasteiger partial charge on any atom is -0.352 e. The molecule has 3 rings (SSSR count). The average Bonchev–Trinajstić information content (AvgIpc) is 2.84. The van der Waals surface area contributed by atoms with Crippen LogP contribution in [0, 0.1) is 5.92 Å². The quantitative estimate of drug-likeness (QED) is 0.780. The summed E-state index contributed by atoms with van der Waals surface area (Å²) in [5.74, 6) is 0.549. The van der Waals surface area contributed by atoms with Crippen molar-refractivity contribution >= 4 is 17.5 Å². The van der Waals surface area contributed by atoms with Crippen molar-refractivity contribution < 1.29 is 9.59 Å². The molecule has 2 heterocycles. The van der Waals surface area contributed by atoms with Gasteiger partial charge in [-0.1, -0.05) is 12.1 Å². The maximum atomic E-state index is 12.2. The summed E-state index contributed by atoms with van der Waals surface area (Å²) < 4.78 is 0. The molecule has 2 fully saturated rings. The van der Waals surface area contributed by atoms with E-state index in [9.17, 15) is 9.59 Å². The zero-order valence-corrected chi connectivity index (χ0v) is 13.6. The number of hydrogen-bond acceptors (Lipinski definition) is 3. The third-order valence-electron chi connectivity index (χ3n) is 4.78. The van der Waals surface area contributed by atoms with Crippen LogP contribution in [-0.4, -0.2) is 23.9 Å². The first-order valence-corrected chi connectivity index (χ1v) is 8.48. The predicted octanol–water partition coefficient (Wildman–Crippen LogP) is 2.18. The fourth-order valence-corrected chi connectivity index (χ4v) is 3.84. The Morgan fingerprint density at radius 3 is 2.65 bits per heavy atom. The second kappa shape index (κ2) is 7.13. The molecular formula is C18H25N3O2. The van der Waals surface area contributed by atoms with Crippen molar-refractivity contribution in [2.45, 2.75) is 57.7 Å². The van der Waals surface area contributed by atoms with Gasteiger partial charge in [-0.2, -0.15) is 0 Å². The molecule has 23 heavy (non-hydrogen) atoms. The van der Waals surface area contributed by atoms with Crippen molar-refractivity contribution in [3.8, 4) is 0 Å². The van der Waals surface area contributed by atoms with Crippen molar-refractivity contribution in [2.24, 2.45) is 5.92 Å². The smallest absolute Gasteiger partial charge is 0.221 e. The van der Waals surface area contributed by atoms with Gasteiger partial charge in [0, 0.05) is 37.7 Å². The average molecular weight is 315 g/mol. The van der Waals surface area contributed by atoms with E-state index in [4.69, 9.17) is 0 Å². The molecule has 0 aromatic heterocycles. The highest BCUT2D eigenvalue weighted by atomic mass is 16.2. The number of rotatable bonds is 5. The van der Waals surface area contributed by atoms with Gasteiger partial charge in [0.25, 0.3) is 0 Å². The highest BCUT2D eigenvalue weighted by Crippen LogP contribution is 2.32. The molecule has 0 aliphatic carbocycles. The lowest BCUT2D eigenvalue weighted by Crippen LogP contribution is -2.39. The van der Waals surface area contributed by atoms with Crippen molar-refractivity contribution in [3.05, 3.63) is 29.8 Å². The predicted molar refractivity (Wildman–Crippen MR) is 89.9 cm³/mol. The normalized spacial score (nSPS) is 25.9. The molecule has 124 valence electrons. The Morgan fingerprint density at radius 1 is 1.22 bits per heavy atom. The molecule has 0 radical (unpaired) electrons. The van der Waals surface area contributed by atoms with Gasteiger partial charge in [0.1, 0.15) is 0 Å². The summed E-state index contributed by atoms with van der Waals surface area (Å²) in [5.41, 5.74) is 1.76. The molecule has 2 aliphatic rings. The van der Waals surface area contributed by atoms with E-state index < -0.39 is 0 Å². The van der Waals surface area contributed by atoms with Crippen LogP contribution in [-0.2, 0) is 16.1 Å². The molecule has 2 aliphatic heterocycles. The lowest BCUT2D eigenvalue weighted by Gasteiger charge is -2.28. The van der Waals surface area contributed by atoms with Gasteiger partial charge < -0.3 is 16.0 Å². The zero-order valence-electron chi connectivity index (χ0n) is 13.6. The van der Waals surface area contributed by atoms with E-state index in [1.165, 1.54) is 19.8 Å². The Balaban J connectivity index is 1.46. The molecule has 5 nitrogen and oxygen atoms in total. The summed E-state index contributed by atoms with van der Waals surface area (Å²) in [6, 6.07) is 8.83. The molecule has 1 aromatic rings. The second-order valence-electron chi connectivity index (χ2n) is 6.84. The Labute approximate surface area is 137 Å². The van der Waals surface area contributed by atoms with Gasteiger partial charge in [-0.3, -0.25) is 9.59 Å². The first-order chi connectivity index (χ1) is 11.1. The van der Waals surface area contributed by atoms with E-state index in [2.05, 4.69) is 16.0 Å². The molecule has 3 N–H and O–H groups in total. The van der Waals surface area contributed by atoms with Gasteiger partial charge in [0.2, 0.25) is 11.8 Å². The summed E-state index contributed by atoms with van der Waals surface area (Å²) in [7, 11) is 0. The van der Waals surface area contributed by atoms with Crippen molar-refractivity contribution in [1.82, 2.24) is 10.6 Å². The standard InChI is InChI=1S/C18H25N3O2/c1-12(22)20-15-4-2-3-13(7-15)11-19-18(23)10-14-8-16-5-6-17(9-14)21-16/h2-4,7,14,16-17,21H,5-6,8-11H2,1H3,(H,19,23)(H,20,22).